The van der Waals surface area contributed by atoms with E-state index >= 15 is 0 Å². The van der Waals surface area contributed by atoms with E-state index in [1.54, 1.807) is 24.3 Å². The molecule has 0 aliphatic rings. The topological polar surface area (TPSA) is 49.3 Å². The molecule has 0 aliphatic heterocycles. The van der Waals surface area contributed by atoms with Crippen LogP contribution in [-0.2, 0) is 0 Å². The Bertz CT molecular complexity index is 324. The standard InChI is InChI=1S/C11H14ClNO2/c1-8(14)9-2-4-10(5-3-9)13-7-11(15)6-12/h2-5,11,13,15H,6-7H2,1H3/t11-/m1/s1. The average molecular weight is 228 g/mol. The highest BCUT2D eigenvalue weighted by Gasteiger charge is 2.02. The Labute approximate surface area is 94.1 Å². The Morgan fingerprint density at radius 1 is 1.47 bits per heavy atom. The number of aliphatic hydroxyl groups is 1. The monoisotopic (exact) mass is 227 g/mol. The zero-order chi connectivity index (χ0) is 11.3. The van der Waals surface area contributed by atoms with Crippen LogP contribution in [0.25, 0.3) is 0 Å². The quantitative estimate of drug-likeness (QED) is 0.597. The fourth-order valence-electron chi connectivity index (χ4n) is 1.11. The summed E-state index contributed by atoms with van der Waals surface area (Å²) in [5, 5.41) is 12.2. The molecule has 0 heterocycles. The number of hydrogen-bond acceptors (Lipinski definition) is 3. The van der Waals surface area contributed by atoms with Crippen LogP contribution in [0.4, 0.5) is 5.69 Å². The molecule has 0 radical (unpaired) electrons. The second kappa shape index (κ2) is 5.73. The Hall–Kier alpha value is -1.06. The first-order valence-corrected chi connectivity index (χ1v) is 5.26. The molecule has 4 heteroatoms. The fraction of sp³-hybridized carbons (Fsp3) is 0.364. The van der Waals surface area contributed by atoms with Gasteiger partial charge in [-0.25, -0.2) is 0 Å². The predicted octanol–water partition coefficient (Wildman–Crippen LogP) is 1.90. The van der Waals surface area contributed by atoms with E-state index in [0.29, 0.717) is 12.1 Å². The van der Waals surface area contributed by atoms with E-state index in [0.717, 1.165) is 5.69 Å². The van der Waals surface area contributed by atoms with Gasteiger partial charge in [-0.1, -0.05) is 0 Å². The molecule has 2 N–H and O–H groups in total. The van der Waals surface area contributed by atoms with Gasteiger partial charge < -0.3 is 10.4 Å². The molecule has 1 aromatic rings. The first-order valence-electron chi connectivity index (χ1n) is 4.72. The Morgan fingerprint density at radius 2 is 2.07 bits per heavy atom. The minimum Gasteiger partial charge on any atom is -0.390 e. The van der Waals surface area contributed by atoms with Gasteiger partial charge in [0.2, 0.25) is 0 Å². The van der Waals surface area contributed by atoms with Crippen LogP contribution in [0.5, 0.6) is 0 Å². The highest BCUT2D eigenvalue weighted by molar-refractivity contribution is 6.18. The van der Waals surface area contributed by atoms with Crippen LogP contribution in [0, 0.1) is 0 Å². The van der Waals surface area contributed by atoms with Crippen molar-refractivity contribution in [2.75, 3.05) is 17.7 Å². The normalized spacial score (nSPS) is 12.2. The number of anilines is 1. The van der Waals surface area contributed by atoms with Crippen molar-refractivity contribution >= 4 is 23.1 Å². The van der Waals surface area contributed by atoms with Gasteiger partial charge in [0.15, 0.2) is 5.78 Å². The lowest BCUT2D eigenvalue weighted by molar-refractivity contribution is 0.101. The molecule has 0 spiro atoms. The van der Waals surface area contributed by atoms with E-state index in [-0.39, 0.29) is 11.7 Å². The molecule has 0 amide bonds. The Morgan fingerprint density at radius 3 is 2.53 bits per heavy atom. The first kappa shape index (κ1) is 12.0. The van der Waals surface area contributed by atoms with E-state index in [2.05, 4.69) is 5.32 Å². The number of nitrogens with one attached hydrogen (secondary N) is 1. The summed E-state index contributed by atoms with van der Waals surface area (Å²) >= 11 is 5.45. The summed E-state index contributed by atoms with van der Waals surface area (Å²) in [6, 6.07) is 7.10. The van der Waals surface area contributed by atoms with Crippen LogP contribution in [0.15, 0.2) is 24.3 Å². The molecule has 0 unspecified atom stereocenters. The lowest BCUT2D eigenvalue weighted by atomic mass is 10.1. The smallest absolute Gasteiger partial charge is 0.159 e. The minimum absolute atomic E-state index is 0.0438. The molecule has 0 aromatic heterocycles. The van der Waals surface area contributed by atoms with Crippen LogP contribution < -0.4 is 5.32 Å². The van der Waals surface area contributed by atoms with Gasteiger partial charge in [0.1, 0.15) is 0 Å². The van der Waals surface area contributed by atoms with Crippen molar-refractivity contribution in [2.24, 2.45) is 0 Å². The summed E-state index contributed by atoms with van der Waals surface area (Å²) in [6.45, 7) is 1.93. The molecule has 1 atom stereocenters. The molecule has 0 saturated heterocycles. The number of rotatable bonds is 5. The third kappa shape index (κ3) is 3.90. The number of benzene rings is 1. The van der Waals surface area contributed by atoms with Crippen LogP contribution >= 0.6 is 11.6 Å². The van der Waals surface area contributed by atoms with Gasteiger partial charge in [-0.3, -0.25) is 4.79 Å². The summed E-state index contributed by atoms with van der Waals surface area (Å²) in [7, 11) is 0. The molecule has 1 aromatic carbocycles. The van der Waals surface area contributed by atoms with Crippen molar-refractivity contribution < 1.29 is 9.90 Å². The first-order chi connectivity index (χ1) is 7.13. The summed E-state index contributed by atoms with van der Waals surface area (Å²) in [5.41, 5.74) is 1.54. The van der Waals surface area contributed by atoms with Crippen LogP contribution in [0.3, 0.4) is 0 Å². The van der Waals surface area contributed by atoms with Crippen LogP contribution in [-0.4, -0.2) is 29.4 Å². The molecule has 0 bridgehead atoms. The maximum Gasteiger partial charge on any atom is 0.159 e. The van der Waals surface area contributed by atoms with Crippen molar-refractivity contribution in [1.29, 1.82) is 0 Å². The number of ketones is 1. The summed E-state index contributed by atoms with van der Waals surface area (Å²) in [5.74, 6) is 0.251. The molecule has 3 nitrogen and oxygen atoms in total. The minimum atomic E-state index is -0.556. The average Bonchev–Trinajstić information content (AvgIpc) is 2.26. The van der Waals surface area contributed by atoms with Crippen LogP contribution in [0.2, 0.25) is 0 Å². The van der Waals surface area contributed by atoms with Crippen molar-refractivity contribution in [3.05, 3.63) is 29.8 Å². The fourth-order valence-corrected chi connectivity index (χ4v) is 1.22. The van der Waals surface area contributed by atoms with Crippen molar-refractivity contribution in [3.63, 3.8) is 0 Å². The van der Waals surface area contributed by atoms with Crippen molar-refractivity contribution in [2.45, 2.75) is 13.0 Å². The summed E-state index contributed by atoms with van der Waals surface area (Å²) < 4.78 is 0. The third-order valence-corrected chi connectivity index (χ3v) is 2.37. The number of aliphatic hydroxyl groups excluding tert-OH is 1. The number of alkyl halides is 1. The molecule has 0 aliphatic carbocycles. The summed E-state index contributed by atoms with van der Waals surface area (Å²) in [6.07, 6.45) is -0.556. The maximum atomic E-state index is 11.0. The van der Waals surface area contributed by atoms with Gasteiger partial charge in [0.25, 0.3) is 0 Å². The van der Waals surface area contributed by atoms with E-state index in [4.69, 9.17) is 11.6 Å². The van der Waals surface area contributed by atoms with Crippen LogP contribution in [0.1, 0.15) is 17.3 Å². The molecular formula is C11H14ClNO2. The molecule has 82 valence electrons. The van der Waals surface area contributed by atoms with Gasteiger partial charge in [-0.05, 0) is 31.2 Å². The number of halogens is 1. The van der Waals surface area contributed by atoms with Gasteiger partial charge in [-0.2, -0.15) is 0 Å². The second-order valence-electron chi connectivity index (χ2n) is 3.32. The highest BCUT2D eigenvalue weighted by atomic mass is 35.5. The zero-order valence-corrected chi connectivity index (χ0v) is 9.29. The van der Waals surface area contributed by atoms with Gasteiger partial charge in [-0.15, -0.1) is 11.6 Å². The molecule has 0 fully saturated rings. The summed E-state index contributed by atoms with van der Waals surface area (Å²) in [4.78, 5) is 11.0. The van der Waals surface area contributed by atoms with Crippen molar-refractivity contribution in [3.8, 4) is 0 Å². The van der Waals surface area contributed by atoms with Gasteiger partial charge >= 0.3 is 0 Å². The number of Topliss-reactive ketones (excluding diaryl/α,β-unsaturated/α-hetero) is 1. The number of carbonyl (C=O) groups excluding carboxylic acids is 1. The molecule has 0 saturated carbocycles. The van der Waals surface area contributed by atoms with Crippen molar-refractivity contribution in [1.82, 2.24) is 0 Å². The number of hydrogen-bond donors (Lipinski definition) is 2. The SMILES string of the molecule is CC(=O)c1ccc(NC[C@H](O)CCl)cc1. The Kier molecular flexibility index (Phi) is 4.59. The largest absolute Gasteiger partial charge is 0.390 e. The molecular weight excluding hydrogens is 214 g/mol. The van der Waals surface area contributed by atoms with E-state index in [1.165, 1.54) is 6.92 Å². The number of carbonyl (C=O) groups is 1. The lowest BCUT2D eigenvalue weighted by Gasteiger charge is -2.09. The maximum absolute atomic E-state index is 11.0. The molecule has 1 rings (SSSR count). The highest BCUT2D eigenvalue weighted by Crippen LogP contribution is 2.09. The van der Waals surface area contributed by atoms with Gasteiger partial charge in [0.05, 0.1) is 12.0 Å². The second-order valence-corrected chi connectivity index (χ2v) is 3.63. The van der Waals surface area contributed by atoms with E-state index < -0.39 is 6.10 Å². The van der Waals surface area contributed by atoms with E-state index in [1.807, 2.05) is 0 Å². The lowest BCUT2D eigenvalue weighted by Crippen LogP contribution is -2.20. The zero-order valence-electron chi connectivity index (χ0n) is 8.53. The molecule has 15 heavy (non-hydrogen) atoms. The van der Waals surface area contributed by atoms with E-state index in [9.17, 15) is 9.90 Å². The third-order valence-electron chi connectivity index (χ3n) is 2.01. The van der Waals surface area contributed by atoms with Gasteiger partial charge in [0, 0.05) is 17.8 Å². The Balaban J connectivity index is 2.53. The predicted molar refractivity (Wildman–Crippen MR) is 61.7 cm³/mol.